The van der Waals surface area contributed by atoms with Crippen LogP contribution in [0.15, 0.2) is 42.5 Å². The van der Waals surface area contributed by atoms with Crippen LogP contribution in [0.5, 0.6) is 11.5 Å². The molecule has 6 heteroatoms. The van der Waals surface area contributed by atoms with Crippen molar-refractivity contribution in [3.63, 3.8) is 0 Å². The van der Waals surface area contributed by atoms with Crippen LogP contribution in [0.4, 0.5) is 0 Å². The summed E-state index contributed by atoms with van der Waals surface area (Å²) < 4.78 is 11.6. The number of carbonyl (C=O) groups is 1. The van der Waals surface area contributed by atoms with E-state index in [2.05, 4.69) is 54.0 Å². The van der Waals surface area contributed by atoms with Gasteiger partial charge in [-0.2, -0.15) is 0 Å². The third-order valence-electron chi connectivity index (χ3n) is 7.11. The number of hydrogen-bond acceptors (Lipinski definition) is 5. The first kappa shape index (κ1) is 24.6. The Kier molecular flexibility index (Phi) is 8.46. The van der Waals surface area contributed by atoms with Crippen LogP contribution in [0.3, 0.4) is 0 Å². The van der Waals surface area contributed by atoms with Crippen LogP contribution in [-0.4, -0.2) is 67.0 Å². The van der Waals surface area contributed by atoms with Crippen molar-refractivity contribution in [3.8, 4) is 11.5 Å². The number of ether oxygens (including phenoxy) is 2. The third-order valence-corrected chi connectivity index (χ3v) is 7.11. The molecule has 184 valence electrons. The fraction of sp³-hybridized carbons (Fsp3) is 0.536. The van der Waals surface area contributed by atoms with Gasteiger partial charge in [0.25, 0.3) is 0 Å². The number of likely N-dealkylation sites (tertiary alicyclic amines) is 1. The number of amides is 1. The maximum atomic E-state index is 12.9. The Bertz CT molecular complexity index is 960. The normalized spacial score (nSPS) is 19.1. The average molecular weight is 466 g/mol. The highest BCUT2D eigenvalue weighted by molar-refractivity contribution is 5.79. The number of carbonyl (C=O) groups excluding carboxylic acids is 1. The molecule has 0 aromatic heterocycles. The summed E-state index contributed by atoms with van der Waals surface area (Å²) >= 11 is 0. The predicted octanol–water partition coefficient (Wildman–Crippen LogP) is 4.17. The van der Waals surface area contributed by atoms with Crippen molar-refractivity contribution < 1.29 is 14.3 Å². The summed E-state index contributed by atoms with van der Waals surface area (Å²) in [4.78, 5) is 19.7. The van der Waals surface area contributed by atoms with Gasteiger partial charge in [-0.05, 0) is 57.0 Å². The van der Waals surface area contributed by atoms with Crippen LogP contribution in [0.1, 0.15) is 43.4 Å². The van der Waals surface area contributed by atoms with Crippen LogP contribution in [0, 0.1) is 5.92 Å². The molecule has 0 aliphatic carbocycles. The average Bonchev–Trinajstić information content (AvgIpc) is 3.06. The van der Waals surface area contributed by atoms with E-state index in [-0.39, 0.29) is 5.92 Å². The minimum absolute atomic E-state index is 0.120. The van der Waals surface area contributed by atoms with Gasteiger partial charge in [-0.1, -0.05) is 24.3 Å². The van der Waals surface area contributed by atoms with E-state index in [4.69, 9.17) is 9.47 Å². The Morgan fingerprint density at radius 1 is 1.09 bits per heavy atom. The molecular formula is C28H39N3O3. The highest BCUT2D eigenvalue weighted by Gasteiger charge is 2.28. The minimum Gasteiger partial charge on any atom is -0.496 e. The molecule has 2 aliphatic rings. The van der Waals surface area contributed by atoms with E-state index in [0.29, 0.717) is 12.5 Å². The summed E-state index contributed by atoms with van der Waals surface area (Å²) in [6.45, 7) is 11.7. The van der Waals surface area contributed by atoms with Crippen LogP contribution >= 0.6 is 0 Å². The number of fused-ring (bicyclic) bond motifs is 1. The van der Waals surface area contributed by atoms with E-state index >= 15 is 0 Å². The first-order valence-electron chi connectivity index (χ1n) is 12.7. The van der Waals surface area contributed by atoms with Gasteiger partial charge >= 0.3 is 0 Å². The van der Waals surface area contributed by atoms with E-state index < -0.39 is 0 Å². The highest BCUT2D eigenvalue weighted by Crippen LogP contribution is 2.28. The van der Waals surface area contributed by atoms with Crippen molar-refractivity contribution in [1.29, 1.82) is 0 Å². The molecule has 2 aromatic carbocycles. The maximum Gasteiger partial charge on any atom is 0.226 e. The van der Waals surface area contributed by atoms with Gasteiger partial charge < -0.3 is 14.4 Å². The Morgan fingerprint density at radius 3 is 2.71 bits per heavy atom. The molecular weight excluding hydrogens is 426 g/mol. The molecule has 2 aromatic rings. The first-order valence-corrected chi connectivity index (χ1v) is 12.7. The lowest BCUT2D eigenvalue weighted by atomic mass is 9.95. The summed E-state index contributed by atoms with van der Waals surface area (Å²) in [5.41, 5.74) is 3.72. The lowest BCUT2D eigenvalue weighted by molar-refractivity contribution is -0.137. The standard InChI is InChI=1S/C28H39N3O3/c1-4-31(5-2)28(32)24-10-8-14-29(20-24)18-22-12-13-27-25(17-22)21-30(15-16-34-27)19-23-9-6-7-11-26(23)33-3/h6-7,9,11-13,17,24H,4-5,8,10,14-16,18-21H2,1-3H3. The predicted molar refractivity (Wildman–Crippen MR) is 135 cm³/mol. The zero-order valence-electron chi connectivity index (χ0n) is 21.0. The Morgan fingerprint density at radius 2 is 1.91 bits per heavy atom. The van der Waals surface area contributed by atoms with E-state index in [1.807, 2.05) is 17.0 Å². The molecule has 4 rings (SSSR count). The van der Waals surface area contributed by atoms with Crippen LogP contribution in [0.2, 0.25) is 0 Å². The maximum absolute atomic E-state index is 12.9. The van der Waals surface area contributed by atoms with E-state index in [0.717, 1.165) is 76.7 Å². The Hall–Kier alpha value is -2.57. The lowest BCUT2D eigenvalue weighted by Crippen LogP contribution is -2.44. The van der Waals surface area contributed by atoms with Gasteiger partial charge in [0.15, 0.2) is 0 Å². The minimum atomic E-state index is 0.120. The number of hydrogen-bond donors (Lipinski definition) is 0. The highest BCUT2D eigenvalue weighted by atomic mass is 16.5. The molecule has 0 spiro atoms. The molecule has 1 amide bonds. The van der Waals surface area contributed by atoms with Crippen molar-refractivity contribution in [1.82, 2.24) is 14.7 Å². The molecule has 1 fully saturated rings. The zero-order valence-corrected chi connectivity index (χ0v) is 21.0. The Balaban J connectivity index is 1.42. The second-order valence-corrected chi connectivity index (χ2v) is 9.40. The molecule has 1 atom stereocenters. The van der Waals surface area contributed by atoms with Crippen molar-refractivity contribution in [2.24, 2.45) is 5.92 Å². The third kappa shape index (κ3) is 5.91. The van der Waals surface area contributed by atoms with Gasteiger partial charge in [0, 0.05) is 56.9 Å². The van der Waals surface area contributed by atoms with Gasteiger partial charge in [-0.15, -0.1) is 0 Å². The summed E-state index contributed by atoms with van der Waals surface area (Å²) in [6, 6.07) is 14.8. The monoisotopic (exact) mass is 465 g/mol. The summed E-state index contributed by atoms with van der Waals surface area (Å²) in [5, 5.41) is 0. The van der Waals surface area contributed by atoms with Gasteiger partial charge in [-0.3, -0.25) is 14.6 Å². The number of methoxy groups -OCH3 is 1. The molecule has 2 aliphatic heterocycles. The molecule has 6 nitrogen and oxygen atoms in total. The van der Waals surface area contributed by atoms with Crippen LogP contribution in [0.25, 0.3) is 0 Å². The SMILES string of the molecule is CCN(CC)C(=O)C1CCCN(Cc2ccc3c(c2)CN(Cc2ccccc2OC)CCO3)C1. The number of para-hydroxylation sites is 1. The van der Waals surface area contributed by atoms with Crippen molar-refractivity contribution in [2.75, 3.05) is 46.4 Å². The van der Waals surface area contributed by atoms with Crippen LogP contribution in [-0.2, 0) is 24.4 Å². The smallest absolute Gasteiger partial charge is 0.226 e. The first-order chi connectivity index (χ1) is 16.6. The molecule has 0 bridgehead atoms. The molecule has 0 saturated carbocycles. The topological polar surface area (TPSA) is 45.3 Å². The summed E-state index contributed by atoms with van der Waals surface area (Å²) in [6.07, 6.45) is 2.08. The Labute approximate surface area is 204 Å². The van der Waals surface area contributed by atoms with Gasteiger partial charge in [0.2, 0.25) is 5.91 Å². The molecule has 34 heavy (non-hydrogen) atoms. The second kappa shape index (κ2) is 11.7. The quantitative estimate of drug-likeness (QED) is 0.586. The molecule has 0 radical (unpaired) electrons. The molecule has 1 unspecified atom stereocenters. The van der Waals surface area contributed by atoms with E-state index in [9.17, 15) is 4.79 Å². The fourth-order valence-electron chi connectivity index (χ4n) is 5.26. The van der Waals surface area contributed by atoms with Crippen molar-refractivity contribution in [3.05, 3.63) is 59.2 Å². The van der Waals surface area contributed by atoms with Crippen molar-refractivity contribution in [2.45, 2.75) is 46.3 Å². The fourth-order valence-corrected chi connectivity index (χ4v) is 5.26. The van der Waals surface area contributed by atoms with Gasteiger partial charge in [-0.25, -0.2) is 0 Å². The summed E-state index contributed by atoms with van der Waals surface area (Å²) in [7, 11) is 1.73. The number of benzene rings is 2. The zero-order chi connectivity index (χ0) is 23.9. The van der Waals surface area contributed by atoms with E-state index in [1.165, 1.54) is 16.7 Å². The number of piperidine rings is 1. The van der Waals surface area contributed by atoms with E-state index in [1.54, 1.807) is 7.11 Å². The van der Waals surface area contributed by atoms with Gasteiger partial charge in [0.1, 0.15) is 18.1 Å². The number of rotatable bonds is 8. The molecule has 2 heterocycles. The lowest BCUT2D eigenvalue weighted by Gasteiger charge is -2.34. The molecule has 1 saturated heterocycles. The van der Waals surface area contributed by atoms with Gasteiger partial charge in [0.05, 0.1) is 13.0 Å². The second-order valence-electron chi connectivity index (χ2n) is 9.40. The largest absolute Gasteiger partial charge is 0.496 e. The van der Waals surface area contributed by atoms with Crippen molar-refractivity contribution >= 4 is 5.91 Å². The number of nitrogens with zero attached hydrogens (tertiary/aromatic N) is 3. The summed E-state index contributed by atoms with van der Waals surface area (Å²) in [5.74, 6) is 2.35. The molecule has 0 N–H and O–H groups in total. The van der Waals surface area contributed by atoms with Crippen LogP contribution < -0.4 is 9.47 Å².